The van der Waals surface area contributed by atoms with E-state index in [1.165, 1.54) is 4.90 Å². The van der Waals surface area contributed by atoms with Gasteiger partial charge in [-0.1, -0.05) is 13.8 Å². The van der Waals surface area contributed by atoms with E-state index in [0.29, 0.717) is 51.4 Å². The van der Waals surface area contributed by atoms with Gasteiger partial charge in [0.1, 0.15) is 5.82 Å². The molecular weight excluding hydrogens is 456 g/mol. The summed E-state index contributed by atoms with van der Waals surface area (Å²) in [7, 11) is 0. The Labute approximate surface area is 196 Å². The van der Waals surface area contributed by atoms with E-state index in [0.717, 1.165) is 12.1 Å². The normalized spacial score (nSPS) is 18.3. The zero-order chi connectivity index (χ0) is 25.0. The molecule has 2 heterocycles. The molecule has 0 bridgehead atoms. The number of ether oxygens (including phenoxy) is 1. The van der Waals surface area contributed by atoms with E-state index in [-0.39, 0.29) is 42.7 Å². The van der Waals surface area contributed by atoms with Crippen LogP contribution in [0.4, 0.5) is 17.6 Å². The molecule has 0 aromatic heterocycles. The minimum Gasteiger partial charge on any atom is -0.465 e. The first-order valence-corrected chi connectivity index (χ1v) is 11.6. The van der Waals surface area contributed by atoms with Crippen LogP contribution in [0.3, 0.4) is 0 Å². The van der Waals surface area contributed by atoms with Crippen molar-refractivity contribution in [2.75, 3.05) is 32.8 Å². The van der Waals surface area contributed by atoms with Crippen LogP contribution in [0.1, 0.15) is 55.5 Å². The summed E-state index contributed by atoms with van der Waals surface area (Å²) in [5, 5.41) is 0. The lowest BCUT2D eigenvalue weighted by Crippen LogP contribution is -2.47. The molecule has 2 aliphatic rings. The average molecular weight is 487 g/mol. The van der Waals surface area contributed by atoms with Crippen molar-refractivity contribution in [1.82, 2.24) is 9.80 Å². The summed E-state index contributed by atoms with van der Waals surface area (Å²) in [6, 6.07) is 2.01. The molecule has 2 aliphatic heterocycles. The SMILES string of the molecule is CC(C)COC(=O)C1CCN(C(=O)C2CCN(C(=O)c3ccc(F)cc3C(F)(F)F)CC2)CC1. The van der Waals surface area contributed by atoms with Crippen molar-refractivity contribution < 1.29 is 36.7 Å². The lowest BCUT2D eigenvalue weighted by atomic mass is 9.91. The van der Waals surface area contributed by atoms with Gasteiger partial charge in [0.2, 0.25) is 5.91 Å². The average Bonchev–Trinajstić information content (AvgIpc) is 2.81. The summed E-state index contributed by atoms with van der Waals surface area (Å²) >= 11 is 0. The fraction of sp³-hybridized carbons (Fsp3) is 0.625. The number of carbonyl (C=O) groups is 3. The predicted octanol–water partition coefficient (Wildman–Crippen LogP) is 4.13. The number of carbonyl (C=O) groups excluding carboxylic acids is 3. The summed E-state index contributed by atoms with van der Waals surface area (Å²) in [5.74, 6) is -2.47. The first-order valence-electron chi connectivity index (χ1n) is 11.6. The Morgan fingerprint density at radius 3 is 2.09 bits per heavy atom. The number of nitrogens with zero attached hydrogens (tertiary/aromatic N) is 2. The van der Waals surface area contributed by atoms with Gasteiger partial charge in [0.25, 0.3) is 5.91 Å². The molecule has 0 saturated carbocycles. The number of hydrogen-bond donors (Lipinski definition) is 0. The third-order valence-electron chi connectivity index (χ3n) is 6.35. The highest BCUT2D eigenvalue weighted by Crippen LogP contribution is 2.34. The summed E-state index contributed by atoms with van der Waals surface area (Å²) < 4.78 is 58.4. The predicted molar refractivity (Wildman–Crippen MR) is 115 cm³/mol. The monoisotopic (exact) mass is 486 g/mol. The first kappa shape index (κ1) is 26.0. The van der Waals surface area contributed by atoms with Gasteiger partial charge >= 0.3 is 12.1 Å². The highest BCUT2D eigenvalue weighted by molar-refractivity contribution is 5.96. The maximum Gasteiger partial charge on any atom is 0.417 e. The van der Waals surface area contributed by atoms with Crippen molar-refractivity contribution in [3.05, 3.63) is 35.1 Å². The van der Waals surface area contributed by atoms with E-state index in [4.69, 9.17) is 4.74 Å². The zero-order valence-electron chi connectivity index (χ0n) is 19.4. The van der Waals surface area contributed by atoms with E-state index >= 15 is 0 Å². The molecule has 1 aromatic carbocycles. The molecule has 6 nitrogen and oxygen atoms in total. The molecule has 34 heavy (non-hydrogen) atoms. The van der Waals surface area contributed by atoms with Gasteiger partial charge in [0.15, 0.2) is 0 Å². The van der Waals surface area contributed by atoms with Crippen LogP contribution in [0, 0.1) is 23.6 Å². The fourth-order valence-corrected chi connectivity index (χ4v) is 4.40. The van der Waals surface area contributed by atoms with Crippen LogP contribution in [0.25, 0.3) is 0 Å². The Kier molecular flexibility index (Phi) is 8.20. The minimum atomic E-state index is -4.85. The van der Waals surface area contributed by atoms with Crippen LogP contribution in [0.2, 0.25) is 0 Å². The number of esters is 1. The quantitative estimate of drug-likeness (QED) is 0.464. The lowest BCUT2D eigenvalue weighted by molar-refractivity contribution is -0.153. The number of rotatable bonds is 5. The topological polar surface area (TPSA) is 66.9 Å². The standard InChI is InChI=1S/C24H30F4N2O4/c1-15(2)14-34-23(33)17-7-11-29(12-8-17)21(31)16-5-9-30(10-6-16)22(32)19-4-3-18(25)13-20(19)24(26,27)28/h3-4,13,15-17H,5-12,14H2,1-2H3. The second-order valence-corrected chi connectivity index (χ2v) is 9.38. The van der Waals surface area contributed by atoms with Crippen LogP contribution in [0.15, 0.2) is 18.2 Å². The van der Waals surface area contributed by atoms with Gasteiger partial charge in [0.05, 0.1) is 23.7 Å². The molecule has 0 atom stereocenters. The number of alkyl halides is 3. The lowest BCUT2D eigenvalue weighted by Gasteiger charge is -2.37. The molecule has 2 amide bonds. The van der Waals surface area contributed by atoms with Crippen molar-refractivity contribution in [1.29, 1.82) is 0 Å². The van der Waals surface area contributed by atoms with Crippen LogP contribution < -0.4 is 0 Å². The number of likely N-dealkylation sites (tertiary alicyclic amines) is 2. The van der Waals surface area contributed by atoms with Gasteiger partial charge in [-0.15, -0.1) is 0 Å². The summed E-state index contributed by atoms with van der Waals surface area (Å²) in [6.07, 6.45) is -3.11. The van der Waals surface area contributed by atoms with E-state index in [9.17, 15) is 31.9 Å². The Morgan fingerprint density at radius 2 is 1.53 bits per heavy atom. The third kappa shape index (κ3) is 6.27. The van der Waals surface area contributed by atoms with Gasteiger partial charge in [-0.2, -0.15) is 13.2 Å². The molecule has 0 spiro atoms. The number of benzene rings is 1. The second-order valence-electron chi connectivity index (χ2n) is 9.38. The number of hydrogen-bond acceptors (Lipinski definition) is 4. The van der Waals surface area contributed by atoms with Gasteiger partial charge < -0.3 is 14.5 Å². The zero-order valence-corrected chi connectivity index (χ0v) is 19.4. The maximum absolute atomic E-state index is 13.3. The number of piperidine rings is 2. The van der Waals surface area contributed by atoms with Gasteiger partial charge in [-0.25, -0.2) is 4.39 Å². The fourth-order valence-electron chi connectivity index (χ4n) is 4.40. The summed E-state index contributed by atoms with van der Waals surface area (Å²) in [4.78, 5) is 40.8. The summed E-state index contributed by atoms with van der Waals surface area (Å²) in [6.45, 7) is 5.47. The van der Waals surface area contributed by atoms with Crippen molar-refractivity contribution >= 4 is 17.8 Å². The highest BCUT2D eigenvalue weighted by atomic mass is 19.4. The third-order valence-corrected chi connectivity index (χ3v) is 6.35. The molecule has 2 saturated heterocycles. The smallest absolute Gasteiger partial charge is 0.417 e. The van der Waals surface area contributed by atoms with Crippen molar-refractivity contribution in [3.63, 3.8) is 0 Å². The van der Waals surface area contributed by atoms with E-state index < -0.39 is 29.0 Å². The second kappa shape index (κ2) is 10.7. The molecule has 0 unspecified atom stereocenters. The van der Waals surface area contributed by atoms with Gasteiger partial charge in [-0.05, 0) is 49.8 Å². The van der Waals surface area contributed by atoms with Crippen LogP contribution >= 0.6 is 0 Å². The minimum absolute atomic E-state index is 0.0566. The molecule has 2 fully saturated rings. The molecular formula is C24H30F4N2O4. The Balaban J connectivity index is 1.52. The van der Waals surface area contributed by atoms with Gasteiger partial charge in [0, 0.05) is 32.1 Å². The molecule has 3 rings (SSSR count). The van der Waals surface area contributed by atoms with Crippen molar-refractivity contribution in [3.8, 4) is 0 Å². The van der Waals surface area contributed by atoms with Gasteiger partial charge in [-0.3, -0.25) is 14.4 Å². The molecule has 0 aliphatic carbocycles. The maximum atomic E-state index is 13.3. The van der Waals surface area contributed by atoms with Crippen molar-refractivity contribution in [2.24, 2.45) is 17.8 Å². The molecule has 10 heteroatoms. The van der Waals surface area contributed by atoms with E-state index in [2.05, 4.69) is 0 Å². The Morgan fingerprint density at radius 1 is 0.971 bits per heavy atom. The molecule has 1 aromatic rings. The molecule has 188 valence electrons. The van der Waals surface area contributed by atoms with Crippen LogP contribution in [-0.4, -0.2) is 60.4 Å². The highest BCUT2D eigenvalue weighted by Gasteiger charge is 2.38. The Bertz CT molecular complexity index is 903. The molecule has 0 N–H and O–H groups in total. The number of amides is 2. The van der Waals surface area contributed by atoms with Crippen LogP contribution in [-0.2, 0) is 20.5 Å². The first-order chi connectivity index (χ1) is 16.0. The largest absolute Gasteiger partial charge is 0.465 e. The van der Waals surface area contributed by atoms with Crippen molar-refractivity contribution in [2.45, 2.75) is 45.7 Å². The molecule has 0 radical (unpaired) electrons. The summed E-state index contributed by atoms with van der Waals surface area (Å²) in [5.41, 5.74) is -1.89. The van der Waals surface area contributed by atoms with Crippen LogP contribution in [0.5, 0.6) is 0 Å². The van der Waals surface area contributed by atoms with E-state index in [1.54, 1.807) is 4.90 Å². The number of halogens is 4. The Hall–Kier alpha value is -2.65. The van der Waals surface area contributed by atoms with E-state index in [1.807, 2.05) is 13.8 Å².